The molecule has 0 heterocycles. The standard InChI is InChI=1S/C16H20F2N2O3S/c1-2-24-12-5-3-4-10(6-12)19-16(21)9-13-14(17)7-11(20(22)23)8-15(13)18/h7-8,10,12H,2-6,9H2,1H3,(H,19,21)/t10-,12-/m0/s1. The number of non-ortho nitro benzene ring substituents is 1. The molecule has 0 bridgehead atoms. The van der Waals surface area contributed by atoms with Crippen LogP contribution in [-0.2, 0) is 11.2 Å². The molecule has 1 aliphatic rings. The van der Waals surface area contributed by atoms with E-state index in [-0.39, 0.29) is 6.04 Å². The molecular formula is C16H20F2N2O3S. The minimum atomic E-state index is -1.07. The quantitative estimate of drug-likeness (QED) is 0.623. The predicted octanol–water partition coefficient (Wildman–Crippen LogP) is 3.60. The van der Waals surface area contributed by atoms with Crippen LogP contribution in [0.2, 0.25) is 0 Å². The van der Waals surface area contributed by atoms with E-state index in [0.29, 0.717) is 17.4 Å². The Morgan fingerprint density at radius 1 is 1.38 bits per heavy atom. The summed E-state index contributed by atoms with van der Waals surface area (Å²) in [7, 11) is 0. The molecule has 1 N–H and O–H groups in total. The van der Waals surface area contributed by atoms with Crippen molar-refractivity contribution in [3.05, 3.63) is 39.4 Å². The summed E-state index contributed by atoms with van der Waals surface area (Å²) in [5, 5.41) is 13.9. The summed E-state index contributed by atoms with van der Waals surface area (Å²) < 4.78 is 27.7. The van der Waals surface area contributed by atoms with Gasteiger partial charge in [-0.05, 0) is 25.0 Å². The second kappa shape index (κ2) is 8.41. The van der Waals surface area contributed by atoms with E-state index >= 15 is 0 Å². The number of amides is 1. The molecular weight excluding hydrogens is 338 g/mol. The first-order chi connectivity index (χ1) is 11.4. The largest absolute Gasteiger partial charge is 0.353 e. The molecule has 0 radical (unpaired) electrons. The van der Waals surface area contributed by atoms with Gasteiger partial charge in [0.15, 0.2) is 0 Å². The van der Waals surface area contributed by atoms with Crippen LogP contribution in [0.4, 0.5) is 14.5 Å². The molecule has 1 aliphatic carbocycles. The van der Waals surface area contributed by atoms with Crippen molar-refractivity contribution in [2.24, 2.45) is 0 Å². The summed E-state index contributed by atoms with van der Waals surface area (Å²) in [4.78, 5) is 21.8. The Morgan fingerprint density at radius 3 is 2.62 bits per heavy atom. The van der Waals surface area contributed by atoms with Crippen LogP contribution in [-0.4, -0.2) is 27.9 Å². The highest BCUT2D eigenvalue weighted by molar-refractivity contribution is 7.99. The summed E-state index contributed by atoms with van der Waals surface area (Å²) >= 11 is 1.86. The van der Waals surface area contributed by atoms with Crippen LogP contribution < -0.4 is 5.32 Å². The lowest BCUT2D eigenvalue weighted by atomic mass is 9.94. The van der Waals surface area contributed by atoms with E-state index < -0.39 is 40.1 Å². The van der Waals surface area contributed by atoms with Gasteiger partial charge >= 0.3 is 0 Å². The third kappa shape index (κ3) is 4.90. The highest BCUT2D eigenvalue weighted by Crippen LogP contribution is 2.28. The maximum Gasteiger partial charge on any atom is 0.275 e. The van der Waals surface area contributed by atoms with Crippen molar-refractivity contribution in [2.45, 2.75) is 50.3 Å². The number of hydrogen-bond donors (Lipinski definition) is 1. The van der Waals surface area contributed by atoms with Crippen molar-refractivity contribution in [3.63, 3.8) is 0 Å². The van der Waals surface area contributed by atoms with Crippen molar-refractivity contribution in [3.8, 4) is 0 Å². The van der Waals surface area contributed by atoms with Crippen molar-refractivity contribution in [2.75, 3.05) is 5.75 Å². The smallest absolute Gasteiger partial charge is 0.275 e. The molecule has 8 heteroatoms. The lowest BCUT2D eigenvalue weighted by molar-refractivity contribution is -0.385. The van der Waals surface area contributed by atoms with E-state index in [2.05, 4.69) is 12.2 Å². The number of hydrogen-bond acceptors (Lipinski definition) is 4. The Hall–Kier alpha value is -1.70. The van der Waals surface area contributed by atoms with Gasteiger partial charge in [-0.2, -0.15) is 11.8 Å². The van der Waals surface area contributed by atoms with Crippen LogP contribution in [0.5, 0.6) is 0 Å². The van der Waals surface area contributed by atoms with Crippen LogP contribution in [0, 0.1) is 21.7 Å². The first kappa shape index (κ1) is 18.6. The van der Waals surface area contributed by atoms with E-state index in [0.717, 1.165) is 31.4 Å². The molecule has 2 rings (SSSR count). The molecule has 1 saturated carbocycles. The van der Waals surface area contributed by atoms with Gasteiger partial charge in [-0.15, -0.1) is 0 Å². The molecule has 1 fully saturated rings. The Balaban J connectivity index is 1.98. The molecule has 1 aromatic rings. The van der Waals surface area contributed by atoms with Crippen LogP contribution >= 0.6 is 11.8 Å². The molecule has 0 aliphatic heterocycles. The lowest BCUT2D eigenvalue weighted by Gasteiger charge is -2.29. The fraction of sp³-hybridized carbons (Fsp3) is 0.562. The van der Waals surface area contributed by atoms with Crippen LogP contribution in [0.3, 0.4) is 0 Å². The third-order valence-corrected chi connectivity index (χ3v) is 5.30. The summed E-state index contributed by atoms with van der Waals surface area (Å²) in [6, 6.07) is 1.29. The van der Waals surface area contributed by atoms with E-state index in [4.69, 9.17) is 0 Å². The highest BCUT2D eigenvalue weighted by Gasteiger charge is 2.24. The fourth-order valence-electron chi connectivity index (χ4n) is 2.97. The topological polar surface area (TPSA) is 72.2 Å². The molecule has 1 aromatic carbocycles. The average molecular weight is 358 g/mol. The number of nitro groups is 1. The molecule has 1 amide bonds. The Morgan fingerprint density at radius 2 is 2.04 bits per heavy atom. The molecule has 0 unspecified atom stereocenters. The summed E-state index contributed by atoms with van der Waals surface area (Å²) in [5.74, 6) is -1.58. The second-order valence-corrected chi connectivity index (χ2v) is 7.41. The van der Waals surface area contributed by atoms with Gasteiger partial charge in [0.05, 0.1) is 23.5 Å². The van der Waals surface area contributed by atoms with Gasteiger partial charge < -0.3 is 5.32 Å². The Kier molecular flexibility index (Phi) is 6.53. The van der Waals surface area contributed by atoms with Gasteiger partial charge in [-0.3, -0.25) is 14.9 Å². The number of thioether (sulfide) groups is 1. The minimum absolute atomic E-state index is 0.0134. The van der Waals surface area contributed by atoms with Crippen molar-refractivity contribution >= 4 is 23.4 Å². The second-order valence-electron chi connectivity index (χ2n) is 5.83. The molecule has 132 valence electrons. The zero-order valence-corrected chi connectivity index (χ0v) is 14.2. The molecule has 2 atom stereocenters. The fourth-order valence-corrected chi connectivity index (χ4v) is 4.14. The van der Waals surface area contributed by atoms with Crippen LogP contribution in [0.15, 0.2) is 12.1 Å². The lowest BCUT2D eigenvalue weighted by Crippen LogP contribution is -2.40. The zero-order valence-electron chi connectivity index (χ0n) is 13.4. The van der Waals surface area contributed by atoms with E-state index in [1.807, 2.05) is 11.8 Å². The number of halogens is 2. The average Bonchev–Trinajstić information content (AvgIpc) is 2.51. The number of carbonyl (C=O) groups excluding carboxylic acids is 1. The zero-order chi connectivity index (χ0) is 17.7. The number of nitrogens with zero attached hydrogens (tertiary/aromatic N) is 1. The van der Waals surface area contributed by atoms with Gasteiger partial charge in [0.2, 0.25) is 5.91 Å². The van der Waals surface area contributed by atoms with Crippen LogP contribution in [0.1, 0.15) is 38.2 Å². The van der Waals surface area contributed by atoms with Crippen molar-refractivity contribution in [1.29, 1.82) is 0 Å². The predicted molar refractivity (Wildman–Crippen MR) is 89.0 cm³/mol. The first-order valence-electron chi connectivity index (χ1n) is 7.94. The number of nitro benzene ring substituents is 1. The van der Waals surface area contributed by atoms with Gasteiger partial charge in [0.1, 0.15) is 11.6 Å². The van der Waals surface area contributed by atoms with E-state index in [1.54, 1.807) is 0 Å². The van der Waals surface area contributed by atoms with Crippen LogP contribution in [0.25, 0.3) is 0 Å². The highest BCUT2D eigenvalue weighted by atomic mass is 32.2. The monoisotopic (exact) mass is 358 g/mol. The van der Waals surface area contributed by atoms with E-state index in [1.165, 1.54) is 0 Å². The summed E-state index contributed by atoms with van der Waals surface area (Å²) in [5.41, 5.74) is -1.10. The van der Waals surface area contributed by atoms with Gasteiger partial charge in [-0.25, -0.2) is 8.78 Å². The summed E-state index contributed by atoms with van der Waals surface area (Å²) in [6.45, 7) is 2.09. The normalized spacial score (nSPS) is 20.6. The third-order valence-electron chi connectivity index (χ3n) is 4.07. The van der Waals surface area contributed by atoms with E-state index in [9.17, 15) is 23.7 Å². The van der Waals surface area contributed by atoms with Gasteiger partial charge in [-0.1, -0.05) is 13.3 Å². The molecule has 0 saturated heterocycles. The van der Waals surface area contributed by atoms with Gasteiger partial charge in [0.25, 0.3) is 5.69 Å². The van der Waals surface area contributed by atoms with Crippen molar-refractivity contribution in [1.82, 2.24) is 5.32 Å². The first-order valence-corrected chi connectivity index (χ1v) is 8.98. The maximum absolute atomic E-state index is 13.8. The Labute approximate surface area is 143 Å². The SMILES string of the molecule is CCS[C@H]1CCC[C@H](NC(=O)Cc2c(F)cc([N+](=O)[O-])cc2F)C1. The number of rotatable bonds is 6. The number of nitrogens with one attached hydrogen (secondary N) is 1. The Bertz CT molecular complexity index is 602. The summed E-state index contributed by atoms with van der Waals surface area (Å²) in [6.07, 6.45) is 3.39. The minimum Gasteiger partial charge on any atom is -0.353 e. The molecule has 0 aromatic heterocycles. The molecule has 5 nitrogen and oxygen atoms in total. The maximum atomic E-state index is 13.8. The van der Waals surface area contributed by atoms with Crippen molar-refractivity contribution < 1.29 is 18.5 Å². The molecule has 0 spiro atoms. The molecule has 24 heavy (non-hydrogen) atoms. The number of carbonyl (C=O) groups is 1. The number of benzene rings is 1. The van der Waals surface area contributed by atoms with Gasteiger partial charge in [0, 0.05) is 16.9 Å².